The van der Waals surface area contributed by atoms with E-state index in [2.05, 4.69) is 42.2 Å². The van der Waals surface area contributed by atoms with Crippen molar-refractivity contribution in [1.29, 1.82) is 5.26 Å². The van der Waals surface area contributed by atoms with Gasteiger partial charge in [-0.05, 0) is 55.4 Å². The topological polar surface area (TPSA) is 78.2 Å². The molecule has 0 radical (unpaired) electrons. The second-order valence-electron chi connectivity index (χ2n) is 8.22. The third kappa shape index (κ3) is 4.91. The number of hydrogen-bond acceptors (Lipinski definition) is 5. The average Bonchev–Trinajstić information content (AvgIpc) is 2.78. The van der Waals surface area contributed by atoms with E-state index in [1.165, 1.54) is 0 Å². The lowest BCUT2D eigenvalue weighted by Crippen LogP contribution is -2.43. The lowest BCUT2D eigenvalue weighted by atomic mass is 9.90. The van der Waals surface area contributed by atoms with Gasteiger partial charge in [0.15, 0.2) is 0 Å². The largest absolute Gasteiger partial charge is 0.495 e. The predicted molar refractivity (Wildman–Crippen MR) is 118 cm³/mol. The zero-order valence-corrected chi connectivity index (χ0v) is 18.2. The molecule has 0 atom stereocenters. The third-order valence-electron chi connectivity index (χ3n) is 5.98. The number of methoxy groups -OCH3 is 1. The molecule has 6 nitrogen and oxygen atoms in total. The van der Waals surface area contributed by atoms with Gasteiger partial charge in [-0.3, -0.25) is 9.78 Å². The molecule has 30 heavy (non-hydrogen) atoms. The summed E-state index contributed by atoms with van der Waals surface area (Å²) in [6, 6.07) is 12.2. The van der Waals surface area contributed by atoms with E-state index in [4.69, 9.17) is 10.00 Å². The molecule has 1 fully saturated rings. The molecule has 6 heteroatoms. The maximum absolute atomic E-state index is 12.5. The van der Waals surface area contributed by atoms with Crippen molar-refractivity contribution in [3.8, 4) is 11.8 Å². The number of carbonyl (C=O) groups is 1. The lowest BCUT2D eigenvalue weighted by Gasteiger charge is -2.36. The third-order valence-corrected chi connectivity index (χ3v) is 5.98. The van der Waals surface area contributed by atoms with Gasteiger partial charge in [0.25, 0.3) is 5.91 Å². The summed E-state index contributed by atoms with van der Waals surface area (Å²) in [5, 5.41) is 12.3. The summed E-state index contributed by atoms with van der Waals surface area (Å²) in [7, 11) is 3.66. The Morgan fingerprint density at radius 1 is 1.23 bits per heavy atom. The first-order chi connectivity index (χ1) is 14.4. The summed E-state index contributed by atoms with van der Waals surface area (Å²) in [5.74, 6) is 0.899. The van der Waals surface area contributed by atoms with E-state index in [9.17, 15) is 4.79 Å². The smallest absolute Gasteiger partial charge is 0.270 e. The van der Waals surface area contributed by atoms with Crippen LogP contribution in [0.2, 0.25) is 0 Å². The molecule has 1 aromatic carbocycles. The molecule has 1 amide bonds. The Morgan fingerprint density at radius 3 is 2.53 bits per heavy atom. The number of rotatable bonds is 6. The van der Waals surface area contributed by atoms with Gasteiger partial charge in [0.05, 0.1) is 12.7 Å². The van der Waals surface area contributed by atoms with Crippen LogP contribution in [0, 0.1) is 11.3 Å². The molecule has 0 saturated heterocycles. The van der Waals surface area contributed by atoms with Crippen LogP contribution in [-0.4, -0.2) is 37.1 Å². The molecule has 1 N–H and O–H groups in total. The number of carbonyl (C=O) groups excluding carboxylic acids is 1. The number of aromatic nitrogens is 1. The normalized spacial score (nSPS) is 18.5. The second-order valence-corrected chi connectivity index (χ2v) is 8.22. The highest BCUT2D eigenvalue weighted by Gasteiger charge is 2.26. The van der Waals surface area contributed by atoms with Gasteiger partial charge in [-0.2, -0.15) is 5.26 Å². The first-order valence-electron chi connectivity index (χ1n) is 10.5. The van der Waals surface area contributed by atoms with Crippen molar-refractivity contribution in [2.24, 2.45) is 0 Å². The number of anilines is 1. The minimum Gasteiger partial charge on any atom is -0.495 e. The second kappa shape index (κ2) is 9.62. The Bertz CT molecular complexity index is 910. The molecular formula is C24H30N4O2. The summed E-state index contributed by atoms with van der Waals surface area (Å²) in [4.78, 5) is 19.1. The highest BCUT2D eigenvalue weighted by atomic mass is 16.5. The minimum absolute atomic E-state index is 0.0982. The van der Waals surface area contributed by atoms with Crippen LogP contribution in [0.1, 0.15) is 67.1 Å². The number of amides is 1. The fraction of sp³-hybridized carbons (Fsp3) is 0.458. The molecule has 0 unspecified atom stereocenters. The Kier molecular flexibility index (Phi) is 6.94. The van der Waals surface area contributed by atoms with Crippen molar-refractivity contribution in [2.45, 2.75) is 57.5 Å². The van der Waals surface area contributed by atoms with E-state index in [0.29, 0.717) is 29.0 Å². The number of pyridine rings is 1. The zero-order chi connectivity index (χ0) is 21.7. The highest BCUT2D eigenvalue weighted by molar-refractivity contribution is 5.92. The molecular weight excluding hydrogens is 376 g/mol. The molecule has 1 aromatic heterocycles. The highest BCUT2D eigenvalue weighted by Crippen LogP contribution is 2.30. The zero-order valence-electron chi connectivity index (χ0n) is 18.2. The molecule has 158 valence electrons. The van der Waals surface area contributed by atoms with Gasteiger partial charge >= 0.3 is 0 Å². The van der Waals surface area contributed by atoms with Gasteiger partial charge in [-0.25, -0.2) is 0 Å². The fourth-order valence-corrected chi connectivity index (χ4v) is 3.95. The van der Waals surface area contributed by atoms with Crippen molar-refractivity contribution in [2.75, 3.05) is 19.1 Å². The van der Waals surface area contributed by atoms with E-state index in [-0.39, 0.29) is 11.9 Å². The first-order valence-corrected chi connectivity index (χ1v) is 10.5. The van der Waals surface area contributed by atoms with Crippen LogP contribution in [0.15, 0.2) is 36.5 Å². The van der Waals surface area contributed by atoms with E-state index in [1.54, 1.807) is 19.4 Å². The number of ether oxygens (including phenoxy) is 1. The average molecular weight is 407 g/mol. The summed E-state index contributed by atoms with van der Waals surface area (Å²) in [5.41, 5.74) is 3.18. The molecule has 2 aromatic rings. The summed E-state index contributed by atoms with van der Waals surface area (Å²) >= 11 is 0. The van der Waals surface area contributed by atoms with Crippen molar-refractivity contribution in [1.82, 2.24) is 10.3 Å². The van der Waals surface area contributed by atoms with Crippen LogP contribution in [0.3, 0.4) is 0 Å². The van der Waals surface area contributed by atoms with Crippen molar-refractivity contribution < 1.29 is 9.53 Å². The number of nitrogens with zero attached hydrogens (tertiary/aromatic N) is 3. The molecule has 3 rings (SSSR count). The molecule has 0 aliphatic heterocycles. The summed E-state index contributed by atoms with van der Waals surface area (Å²) < 4.78 is 5.33. The summed E-state index contributed by atoms with van der Waals surface area (Å²) in [6.07, 6.45) is 5.63. The lowest BCUT2D eigenvalue weighted by molar-refractivity contribution is 0.0920. The molecule has 0 bridgehead atoms. The fourth-order valence-electron chi connectivity index (χ4n) is 3.95. The predicted octanol–water partition coefficient (Wildman–Crippen LogP) is 4.26. The van der Waals surface area contributed by atoms with E-state index in [1.807, 2.05) is 24.3 Å². The monoisotopic (exact) mass is 406 g/mol. The first kappa shape index (κ1) is 21.6. The van der Waals surface area contributed by atoms with E-state index >= 15 is 0 Å². The Hall–Kier alpha value is -3.07. The van der Waals surface area contributed by atoms with Crippen LogP contribution >= 0.6 is 0 Å². The van der Waals surface area contributed by atoms with Gasteiger partial charge in [-0.15, -0.1) is 0 Å². The standard InChI is InChI=1S/C24H30N4O2/c1-16(2)18-6-12-22(26-15-18)24(29)27-19-7-10-20(11-8-19)28(3)21-9-5-17(14-25)23(13-21)30-4/h5-6,9,12-13,15-16,19-20H,7-8,10-11H2,1-4H3,(H,27,29). The van der Waals surface area contributed by atoms with Gasteiger partial charge in [-0.1, -0.05) is 19.9 Å². The Labute approximate surface area is 178 Å². The van der Waals surface area contributed by atoms with Crippen LogP contribution in [0.25, 0.3) is 0 Å². The number of hydrogen-bond donors (Lipinski definition) is 1. The van der Waals surface area contributed by atoms with Crippen molar-refractivity contribution >= 4 is 11.6 Å². The minimum atomic E-state index is -0.0982. The summed E-state index contributed by atoms with van der Waals surface area (Å²) in [6.45, 7) is 4.22. The maximum atomic E-state index is 12.5. The van der Waals surface area contributed by atoms with Crippen LogP contribution in [0.4, 0.5) is 5.69 Å². The number of benzene rings is 1. The van der Waals surface area contributed by atoms with Gasteiger partial charge < -0.3 is 15.0 Å². The molecule has 1 saturated carbocycles. The quantitative estimate of drug-likeness (QED) is 0.775. The Morgan fingerprint density at radius 2 is 1.97 bits per heavy atom. The molecule has 0 spiro atoms. The van der Waals surface area contributed by atoms with Crippen molar-refractivity contribution in [3.05, 3.63) is 53.3 Å². The van der Waals surface area contributed by atoms with Crippen molar-refractivity contribution in [3.63, 3.8) is 0 Å². The van der Waals surface area contributed by atoms with Crippen LogP contribution in [-0.2, 0) is 0 Å². The van der Waals surface area contributed by atoms with E-state index in [0.717, 1.165) is 36.9 Å². The van der Waals surface area contributed by atoms with Crippen LogP contribution in [0.5, 0.6) is 5.75 Å². The van der Waals surface area contributed by atoms with Gasteiger partial charge in [0.2, 0.25) is 0 Å². The molecule has 1 aliphatic rings. The Balaban J connectivity index is 1.55. The van der Waals surface area contributed by atoms with Crippen LogP contribution < -0.4 is 15.0 Å². The SMILES string of the molecule is COc1cc(N(C)C2CCC(NC(=O)c3ccc(C(C)C)cn3)CC2)ccc1C#N. The van der Waals surface area contributed by atoms with Gasteiger partial charge in [0, 0.05) is 37.1 Å². The number of nitrogens with one attached hydrogen (secondary N) is 1. The molecule has 1 aliphatic carbocycles. The van der Waals surface area contributed by atoms with Gasteiger partial charge in [0.1, 0.15) is 17.5 Å². The number of nitriles is 1. The molecule has 1 heterocycles. The van der Waals surface area contributed by atoms with E-state index < -0.39 is 0 Å². The maximum Gasteiger partial charge on any atom is 0.270 e.